The third kappa shape index (κ3) is 6.00. The van der Waals surface area contributed by atoms with Crippen molar-refractivity contribution in [3.63, 3.8) is 0 Å². The van der Waals surface area contributed by atoms with Gasteiger partial charge in [0.2, 0.25) is 5.91 Å². The zero-order chi connectivity index (χ0) is 16.7. The number of ether oxygens (including phenoxy) is 1. The molecule has 1 atom stereocenters. The molecular weight excluding hydrogens is 310 g/mol. The largest absolute Gasteiger partial charge is 0.486 e. The van der Waals surface area contributed by atoms with E-state index in [9.17, 15) is 4.79 Å². The number of benzene rings is 1. The van der Waals surface area contributed by atoms with Crippen LogP contribution in [0, 0.1) is 12.8 Å². The number of aromatic nitrogens is 1. The van der Waals surface area contributed by atoms with Crippen LogP contribution in [0.4, 0.5) is 0 Å². The number of hydrogen-bond acceptors (Lipinski definition) is 5. The smallest absolute Gasteiger partial charge is 0.226 e. The van der Waals surface area contributed by atoms with Gasteiger partial charge in [-0.3, -0.25) is 4.79 Å². The Balaban J connectivity index is 1.78. The summed E-state index contributed by atoms with van der Waals surface area (Å²) in [6, 6.07) is 7.90. The third-order valence-corrected chi connectivity index (χ3v) is 4.25. The van der Waals surface area contributed by atoms with Gasteiger partial charge in [-0.15, -0.1) is 11.3 Å². The van der Waals surface area contributed by atoms with Crippen LogP contribution in [0.15, 0.2) is 29.6 Å². The van der Waals surface area contributed by atoms with Crippen molar-refractivity contribution >= 4 is 17.2 Å². The molecule has 1 unspecified atom stereocenters. The van der Waals surface area contributed by atoms with Gasteiger partial charge in [0.15, 0.2) is 0 Å². The molecule has 2 rings (SSSR count). The summed E-state index contributed by atoms with van der Waals surface area (Å²) in [5.74, 6) is 1.08. The van der Waals surface area contributed by atoms with Gasteiger partial charge in [-0.2, -0.15) is 0 Å². The summed E-state index contributed by atoms with van der Waals surface area (Å²) in [5.41, 5.74) is 7.50. The van der Waals surface area contributed by atoms with E-state index in [-0.39, 0.29) is 11.8 Å². The SMILES string of the molecule is Cc1ccc(OCc2nc(CC(=O)NCC(C)CN)cs2)cc1. The Labute approximate surface area is 140 Å². The molecule has 0 aliphatic rings. The minimum Gasteiger partial charge on any atom is -0.486 e. The minimum absolute atomic E-state index is 0.0263. The van der Waals surface area contributed by atoms with Crippen LogP contribution in [0.2, 0.25) is 0 Å². The van der Waals surface area contributed by atoms with E-state index in [1.165, 1.54) is 16.9 Å². The predicted octanol–water partition coefficient (Wildman–Crippen LogP) is 2.28. The standard InChI is InChI=1S/C17H23N3O2S/c1-12-3-5-15(6-4-12)22-10-17-20-14(11-23-17)7-16(21)19-9-13(2)8-18/h3-6,11,13H,7-10,18H2,1-2H3,(H,19,21). The fraction of sp³-hybridized carbons (Fsp3) is 0.412. The minimum atomic E-state index is -0.0263. The van der Waals surface area contributed by atoms with Crippen molar-refractivity contribution in [2.24, 2.45) is 11.7 Å². The Morgan fingerprint density at radius 3 is 2.83 bits per heavy atom. The van der Waals surface area contributed by atoms with Gasteiger partial charge in [0.1, 0.15) is 17.4 Å². The van der Waals surface area contributed by atoms with Gasteiger partial charge in [-0.25, -0.2) is 4.98 Å². The molecular formula is C17H23N3O2S. The van der Waals surface area contributed by atoms with Crippen LogP contribution < -0.4 is 15.8 Å². The lowest BCUT2D eigenvalue weighted by Gasteiger charge is -2.09. The Bertz CT molecular complexity index is 625. The molecule has 1 aromatic heterocycles. The first kappa shape index (κ1) is 17.4. The highest BCUT2D eigenvalue weighted by atomic mass is 32.1. The molecule has 0 bridgehead atoms. The van der Waals surface area contributed by atoms with Crippen molar-refractivity contribution in [1.29, 1.82) is 0 Å². The van der Waals surface area contributed by atoms with Crippen molar-refractivity contribution in [3.8, 4) is 5.75 Å². The molecule has 0 saturated carbocycles. The summed E-state index contributed by atoms with van der Waals surface area (Å²) in [6.07, 6.45) is 0.290. The van der Waals surface area contributed by atoms with Gasteiger partial charge < -0.3 is 15.8 Å². The molecule has 1 heterocycles. The number of amides is 1. The van der Waals surface area contributed by atoms with E-state index in [1.54, 1.807) is 0 Å². The van der Waals surface area contributed by atoms with Gasteiger partial charge >= 0.3 is 0 Å². The molecule has 124 valence electrons. The third-order valence-electron chi connectivity index (χ3n) is 3.37. The molecule has 1 aromatic carbocycles. The maximum atomic E-state index is 11.8. The predicted molar refractivity (Wildman–Crippen MR) is 92.6 cm³/mol. The first-order valence-electron chi connectivity index (χ1n) is 7.66. The fourth-order valence-corrected chi connectivity index (χ4v) is 2.58. The van der Waals surface area contributed by atoms with E-state index in [4.69, 9.17) is 10.5 Å². The van der Waals surface area contributed by atoms with Crippen LogP contribution in [0.5, 0.6) is 5.75 Å². The van der Waals surface area contributed by atoms with Crippen LogP contribution in [-0.2, 0) is 17.8 Å². The van der Waals surface area contributed by atoms with Gasteiger partial charge in [-0.1, -0.05) is 24.6 Å². The quantitative estimate of drug-likeness (QED) is 0.777. The number of carbonyl (C=O) groups excluding carboxylic acids is 1. The number of nitrogens with zero attached hydrogens (tertiary/aromatic N) is 1. The van der Waals surface area contributed by atoms with Gasteiger partial charge in [0, 0.05) is 11.9 Å². The van der Waals surface area contributed by atoms with Crippen molar-refractivity contribution in [3.05, 3.63) is 45.9 Å². The highest BCUT2D eigenvalue weighted by Crippen LogP contribution is 2.16. The summed E-state index contributed by atoms with van der Waals surface area (Å²) in [6.45, 7) is 5.62. The summed E-state index contributed by atoms with van der Waals surface area (Å²) in [5, 5.41) is 5.64. The molecule has 1 amide bonds. The number of aryl methyl sites for hydroxylation is 1. The Morgan fingerprint density at radius 2 is 2.13 bits per heavy atom. The lowest BCUT2D eigenvalue weighted by atomic mass is 10.2. The lowest BCUT2D eigenvalue weighted by Crippen LogP contribution is -2.32. The summed E-state index contributed by atoms with van der Waals surface area (Å²) in [4.78, 5) is 16.3. The normalized spacial score (nSPS) is 12.0. The molecule has 6 heteroatoms. The molecule has 0 spiro atoms. The van der Waals surface area contributed by atoms with Crippen molar-refractivity contribution < 1.29 is 9.53 Å². The van der Waals surface area contributed by atoms with Crippen molar-refractivity contribution in [2.45, 2.75) is 26.9 Å². The highest BCUT2D eigenvalue weighted by molar-refractivity contribution is 7.09. The van der Waals surface area contributed by atoms with Crippen LogP contribution >= 0.6 is 11.3 Å². The number of nitrogens with two attached hydrogens (primary N) is 1. The second kappa shape index (κ2) is 8.64. The topological polar surface area (TPSA) is 77.2 Å². The van der Waals surface area contributed by atoms with Gasteiger partial charge in [-0.05, 0) is 31.5 Å². The average molecular weight is 333 g/mol. The van der Waals surface area contributed by atoms with E-state index < -0.39 is 0 Å². The molecule has 0 radical (unpaired) electrons. The molecule has 0 saturated heterocycles. The molecule has 2 aromatic rings. The van der Waals surface area contributed by atoms with E-state index in [1.807, 2.05) is 43.5 Å². The molecule has 0 fully saturated rings. The second-order valence-corrected chi connectivity index (χ2v) is 6.60. The van der Waals surface area contributed by atoms with Gasteiger partial charge in [0.05, 0.1) is 12.1 Å². The summed E-state index contributed by atoms with van der Waals surface area (Å²) >= 11 is 1.51. The second-order valence-electron chi connectivity index (χ2n) is 5.66. The van der Waals surface area contributed by atoms with E-state index >= 15 is 0 Å². The summed E-state index contributed by atoms with van der Waals surface area (Å²) < 4.78 is 5.69. The van der Waals surface area contributed by atoms with Crippen molar-refractivity contribution in [2.75, 3.05) is 13.1 Å². The van der Waals surface area contributed by atoms with E-state index in [2.05, 4.69) is 10.3 Å². The number of hydrogen-bond donors (Lipinski definition) is 2. The van der Waals surface area contributed by atoms with E-state index in [0.717, 1.165) is 16.5 Å². The molecule has 5 nitrogen and oxygen atoms in total. The highest BCUT2D eigenvalue weighted by Gasteiger charge is 2.09. The van der Waals surface area contributed by atoms with Crippen LogP contribution in [0.3, 0.4) is 0 Å². The first-order chi connectivity index (χ1) is 11.1. The number of nitrogens with one attached hydrogen (secondary N) is 1. The zero-order valence-corrected chi connectivity index (χ0v) is 14.4. The molecule has 3 N–H and O–H groups in total. The van der Waals surface area contributed by atoms with Crippen LogP contribution in [-0.4, -0.2) is 24.0 Å². The molecule has 0 aliphatic carbocycles. The van der Waals surface area contributed by atoms with Crippen LogP contribution in [0.25, 0.3) is 0 Å². The average Bonchev–Trinajstić information content (AvgIpc) is 2.99. The first-order valence-corrected chi connectivity index (χ1v) is 8.54. The molecule has 0 aliphatic heterocycles. The maximum Gasteiger partial charge on any atom is 0.226 e. The van der Waals surface area contributed by atoms with E-state index in [0.29, 0.717) is 26.1 Å². The zero-order valence-electron chi connectivity index (χ0n) is 13.5. The monoisotopic (exact) mass is 333 g/mol. The number of thiazole rings is 1. The lowest BCUT2D eigenvalue weighted by molar-refractivity contribution is -0.120. The Kier molecular flexibility index (Phi) is 6.55. The number of rotatable bonds is 8. The fourth-order valence-electron chi connectivity index (χ4n) is 1.87. The van der Waals surface area contributed by atoms with Crippen molar-refractivity contribution in [1.82, 2.24) is 10.3 Å². The Morgan fingerprint density at radius 1 is 1.39 bits per heavy atom. The van der Waals surface area contributed by atoms with Crippen LogP contribution in [0.1, 0.15) is 23.2 Å². The number of carbonyl (C=O) groups is 1. The maximum absolute atomic E-state index is 11.8. The Hall–Kier alpha value is -1.92. The molecule has 23 heavy (non-hydrogen) atoms. The summed E-state index contributed by atoms with van der Waals surface area (Å²) in [7, 11) is 0. The van der Waals surface area contributed by atoms with Gasteiger partial charge in [0.25, 0.3) is 0 Å².